The van der Waals surface area contributed by atoms with Crippen LogP contribution in [0.15, 0.2) is 9.42 Å². The van der Waals surface area contributed by atoms with E-state index in [-0.39, 0.29) is 29.0 Å². The Bertz CT molecular complexity index is 750. The first-order valence-corrected chi connectivity index (χ1v) is 9.86. The molecule has 26 heavy (non-hydrogen) atoms. The summed E-state index contributed by atoms with van der Waals surface area (Å²) in [6.45, 7) is 6.28. The second-order valence-electron chi connectivity index (χ2n) is 6.50. The van der Waals surface area contributed by atoms with Gasteiger partial charge in [-0.3, -0.25) is 4.79 Å². The second kappa shape index (κ2) is 8.17. The van der Waals surface area contributed by atoms with Crippen molar-refractivity contribution in [2.24, 2.45) is 5.92 Å². The van der Waals surface area contributed by atoms with E-state index in [0.717, 1.165) is 0 Å². The molecule has 1 aromatic heterocycles. The van der Waals surface area contributed by atoms with Crippen LogP contribution in [0.4, 0.5) is 0 Å². The van der Waals surface area contributed by atoms with E-state index in [1.807, 2.05) is 0 Å². The molecule has 10 heteroatoms. The Morgan fingerprint density at radius 1 is 1.35 bits per heavy atom. The summed E-state index contributed by atoms with van der Waals surface area (Å²) in [6.07, 6.45) is 0.705. The summed E-state index contributed by atoms with van der Waals surface area (Å²) in [4.78, 5) is 23.7. The van der Waals surface area contributed by atoms with E-state index in [4.69, 9.17) is 14.0 Å². The Hall–Kier alpha value is -1.94. The van der Waals surface area contributed by atoms with Gasteiger partial charge in [0, 0.05) is 13.1 Å². The number of aryl methyl sites for hydroxylation is 2. The maximum absolute atomic E-state index is 12.8. The van der Waals surface area contributed by atoms with E-state index >= 15 is 0 Å². The van der Waals surface area contributed by atoms with Crippen molar-refractivity contribution in [1.82, 2.24) is 9.46 Å². The van der Waals surface area contributed by atoms with Gasteiger partial charge in [-0.2, -0.15) is 4.31 Å². The molecule has 0 saturated carbocycles. The molecule has 2 rings (SSSR count). The van der Waals surface area contributed by atoms with Crippen molar-refractivity contribution in [2.75, 3.05) is 19.7 Å². The molecule has 0 N–H and O–H groups in total. The lowest BCUT2D eigenvalue weighted by molar-refractivity contribution is -0.164. The lowest BCUT2D eigenvalue weighted by atomic mass is 10.0. The van der Waals surface area contributed by atoms with Crippen LogP contribution in [0.2, 0.25) is 0 Å². The first-order valence-electron chi connectivity index (χ1n) is 8.42. The molecule has 9 nitrogen and oxygen atoms in total. The van der Waals surface area contributed by atoms with Crippen LogP contribution >= 0.6 is 0 Å². The number of hydrogen-bond acceptors (Lipinski definition) is 8. The zero-order chi connectivity index (χ0) is 19.5. The Labute approximate surface area is 152 Å². The predicted molar refractivity (Wildman–Crippen MR) is 89.6 cm³/mol. The average molecular weight is 388 g/mol. The number of rotatable bonds is 6. The number of sulfonamides is 1. The zero-order valence-corrected chi connectivity index (χ0v) is 16.2. The van der Waals surface area contributed by atoms with Crippen LogP contribution in [-0.2, 0) is 29.1 Å². The maximum Gasteiger partial charge on any atom is 0.344 e. The quantitative estimate of drug-likeness (QED) is 0.667. The van der Waals surface area contributed by atoms with E-state index < -0.39 is 34.5 Å². The van der Waals surface area contributed by atoms with Crippen LogP contribution in [0.25, 0.3) is 0 Å². The molecule has 1 unspecified atom stereocenters. The van der Waals surface area contributed by atoms with Gasteiger partial charge in [0.15, 0.2) is 12.4 Å². The highest BCUT2D eigenvalue weighted by atomic mass is 32.2. The summed E-state index contributed by atoms with van der Waals surface area (Å²) in [5.41, 5.74) is 0.281. The number of piperidine rings is 1. The molecule has 0 spiro atoms. The minimum Gasteiger partial charge on any atom is -0.460 e. The van der Waals surface area contributed by atoms with Gasteiger partial charge in [-0.1, -0.05) is 5.16 Å². The molecule has 0 aromatic carbocycles. The number of carbonyl (C=O) groups is 2. The normalized spacial score (nSPS) is 18.7. The van der Waals surface area contributed by atoms with E-state index in [9.17, 15) is 18.0 Å². The van der Waals surface area contributed by atoms with Crippen molar-refractivity contribution in [3.63, 3.8) is 0 Å². The summed E-state index contributed by atoms with van der Waals surface area (Å²) in [5, 5.41) is 3.68. The van der Waals surface area contributed by atoms with Gasteiger partial charge in [0.25, 0.3) is 0 Å². The minimum absolute atomic E-state index is 0.00947. The molecule has 1 atom stereocenters. The maximum atomic E-state index is 12.8. The van der Waals surface area contributed by atoms with Gasteiger partial charge in [0.2, 0.25) is 10.0 Å². The van der Waals surface area contributed by atoms with E-state index in [0.29, 0.717) is 19.4 Å². The number of nitrogens with zero attached hydrogens (tertiary/aromatic N) is 2. The fraction of sp³-hybridized carbons (Fsp3) is 0.688. The van der Waals surface area contributed by atoms with Crippen LogP contribution in [0.1, 0.15) is 38.1 Å². The van der Waals surface area contributed by atoms with Crippen LogP contribution in [-0.4, -0.2) is 55.6 Å². The predicted octanol–water partition coefficient (Wildman–Crippen LogP) is 1.19. The fourth-order valence-electron chi connectivity index (χ4n) is 2.87. The lowest BCUT2D eigenvalue weighted by Gasteiger charge is -2.30. The van der Waals surface area contributed by atoms with Gasteiger partial charge in [-0.05, 0) is 40.5 Å². The van der Waals surface area contributed by atoms with Crippen molar-refractivity contribution in [3.05, 3.63) is 11.5 Å². The molecular weight excluding hydrogens is 364 g/mol. The number of hydrogen-bond donors (Lipinski definition) is 0. The molecule has 1 aliphatic heterocycles. The fourth-order valence-corrected chi connectivity index (χ4v) is 4.68. The summed E-state index contributed by atoms with van der Waals surface area (Å²) >= 11 is 0. The lowest BCUT2D eigenvalue weighted by Crippen LogP contribution is -2.43. The molecule has 0 aliphatic carbocycles. The van der Waals surface area contributed by atoms with E-state index in [1.165, 1.54) is 11.2 Å². The molecule has 146 valence electrons. The van der Waals surface area contributed by atoms with E-state index in [1.54, 1.807) is 20.8 Å². The molecule has 1 saturated heterocycles. The smallest absolute Gasteiger partial charge is 0.344 e. The molecule has 1 aromatic rings. The Kier molecular flexibility index (Phi) is 6.40. The van der Waals surface area contributed by atoms with Gasteiger partial charge in [-0.15, -0.1) is 0 Å². The van der Waals surface area contributed by atoms with Crippen LogP contribution in [0.5, 0.6) is 0 Å². The average Bonchev–Trinajstić information content (AvgIpc) is 2.91. The summed E-state index contributed by atoms with van der Waals surface area (Å²) in [6, 6.07) is 0. The Morgan fingerprint density at radius 3 is 2.62 bits per heavy atom. The summed E-state index contributed by atoms with van der Waals surface area (Å²) in [5.74, 6) is -1.66. The van der Waals surface area contributed by atoms with E-state index in [2.05, 4.69) is 5.16 Å². The first-order chi connectivity index (χ1) is 12.1. The molecule has 1 fully saturated rings. The Balaban J connectivity index is 2.02. The highest BCUT2D eigenvalue weighted by Gasteiger charge is 2.37. The number of esters is 2. The summed E-state index contributed by atoms with van der Waals surface area (Å²) < 4.78 is 41.7. The molecule has 2 heterocycles. The third kappa shape index (κ3) is 4.61. The standard InChI is InChI=1S/C16H24N2O7S/c1-10(2)24-14(19)9-23-16(20)13-6-5-7-18(8-13)26(21,22)15-11(3)17-25-12(15)4/h10,13H,5-9H2,1-4H3. The summed E-state index contributed by atoms with van der Waals surface area (Å²) in [7, 11) is -3.82. The number of carbonyl (C=O) groups excluding carboxylic acids is 2. The molecule has 0 amide bonds. The first kappa shape index (κ1) is 20.4. The van der Waals surface area contributed by atoms with Gasteiger partial charge >= 0.3 is 11.9 Å². The SMILES string of the molecule is Cc1noc(C)c1S(=O)(=O)N1CCCC(C(=O)OCC(=O)OC(C)C)C1. The number of ether oxygens (including phenoxy) is 2. The van der Waals surface area contributed by atoms with Crippen molar-refractivity contribution in [2.45, 2.75) is 51.5 Å². The molecule has 0 bridgehead atoms. The van der Waals surface area contributed by atoms with Crippen LogP contribution in [0.3, 0.4) is 0 Å². The van der Waals surface area contributed by atoms with Gasteiger partial charge in [0.1, 0.15) is 10.6 Å². The second-order valence-corrected chi connectivity index (χ2v) is 8.38. The van der Waals surface area contributed by atoms with Crippen molar-refractivity contribution >= 4 is 22.0 Å². The van der Waals surface area contributed by atoms with Crippen molar-refractivity contribution < 1.29 is 32.0 Å². The Morgan fingerprint density at radius 2 is 2.04 bits per heavy atom. The number of aromatic nitrogens is 1. The van der Waals surface area contributed by atoms with Crippen molar-refractivity contribution in [3.8, 4) is 0 Å². The monoisotopic (exact) mass is 388 g/mol. The topological polar surface area (TPSA) is 116 Å². The zero-order valence-electron chi connectivity index (χ0n) is 15.4. The van der Waals surface area contributed by atoms with Crippen LogP contribution < -0.4 is 0 Å². The van der Waals surface area contributed by atoms with Crippen molar-refractivity contribution in [1.29, 1.82) is 0 Å². The van der Waals surface area contributed by atoms with Gasteiger partial charge in [0.05, 0.1) is 12.0 Å². The largest absolute Gasteiger partial charge is 0.460 e. The highest BCUT2D eigenvalue weighted by molar-refractivity contribution is 7.89. The molecule has 1 aliphatic rings. The third-order valence-electron chi connectivity index (χ3n) is 3.98. The van der Waals surface area contributed by atoms with Gasteiger partial charge in [-0.25, -0.2) is 13.2 Å². The molecular formula is C16H24N2O7S. The third-order valence-corrected chi connectivity index (χ3v) is 6.09. The molecule has 0 radical (unpaired) electrons. The van der Waals surface area contributed by atoms with Crippen LogP contribution in [0, 0.1) is 19.8 Å². The van der Waals surface area contributed by atoms with Gasteiger partial charge < -0.3 is 14.0 Å². The minimum atomic E-state index is -3.82. The highest BCUT2D eigenvalue weighted by Crippen LogP contribution is 2.28.